The highest BCUT2D eigenvalue weighted by Gasteiger charge is 2.23. The Morgan fingerprint density at radius 3 is 2.69 bits per heavy atom. The fourth-order valence-corrected chi connectivity index (χ4v) is 3.68. The number of nitrogens with one attached hydrogen (secondary N) is 1. The van der Waals surface area contributed by atoms with Crippen LogP contribution in [0.2, 0.25) is 0 Å². The Morgan fingerprint density at radius 1 is 1.69 bits per heavy atom. The van der Waals surface area contributed by atoms with E-state index in [1.54, 1.807) is 13.8 Å². The minimum absolute atomic E-state index is 0.124. The van der Waals surface area contributed by atoms with Crippen molar-refractivity contribution in [1.82, 2.24) is 9.71 Å². The van der Waals surface area contributed by atoms with Crippen molar-refractivity contribution in [2.75, 3.05) is 5.73 Å². The van der Waals surface area contributed by atoms with Crippen molar-refractivity contribution in [2.45, 2.75) is 30.5 Å². The molecule has 0 saturated carbocycles. The first-order valence-corrected chi connectivity index (χ1v) is 6.92. The number of rotatable bonds is 4. The first-order chi connectivity index (χ1) is 7.40. The number of nitrogens with zero attached hydrogens (tertiary/aromatic N) is 1. The van der Waals surface area contributed by atoms with E-state index in [1.807, 2.05) is 0 Å². The average Bonchev–Trinajstić information content (AvgIpc) is 2.55. The number of nitrogen functional groups attached to an aromatic ring is 1. The fourth-order valence-electron chi connectivity index (χ4n) is 1.13. The second-order valence-corrected chi connectivity index (χ2v) is 6.11. The van der Waals surface area contributed by atoms with Gasteiger partial charge in [-0.05, 0) is 13.3 Å². The second kappa shape index (κ2) is 4.82. The molecule has 0 bridgehead atoms. The normalized spacial score (nSPS) is 13.3. The van der Waals surface area contributed by atoms with Crippen LogP contribution in [0, 0.1) is 19.3 Å². The lowest BCUT2D eigenvalue weighted by Gasteiger charge is -2.09. The van der Waals surface area contributed by atoms with Crippen molar-refractivity contribution in [3.63, 3.8) is 0 Å². The van der Waals surface area contributed by atoms with E-state index in [0.717, 1.165) is 11.3 Å². The Hall–Kier alpha value is -1.10. The fraction of sp³-hybridized carbons (Fsp3) is 0.444. The molecule has 0 radical (unpaired) electrons. The van der Waals surface area contributed by atoms with E-state index >= 15 is 0 Å². The maximum absolute atomic E-state index is 11.9. The Kier molecular flexibility index (Phi) is 3.91. The molecular formula is C9H13N3O2S2. The van der Waals surface area contributed by atoms with Gasteiger partial charge in [0.1, 0.15) is 0 Å². The lowest BCUT2D eigenvalue weighted by molar-refractivity contribution is 0.572. The topological polar surface area (TPSA) is 85.1 Å². The molecule has 0 aliphatic heterocycles. The highest BCUT2D eigenvalue weighted by atomic mass is 32.2. The zero-order valence-corrected chi connectivity index (χ0v) is 10.7. The van der Waals surface area contributed by atoms with Gasteiger partial charge >= 0.3 is 0 Å². The first kappa shape index (κ1) is 13.0. The number of thiazole rings is 1. The van der Waals surface area contributed by atoms with E-state index in [9.17, 15) is 8.42 Å². The van der Waals surface area contributed by atoms with Crippen LogP contribution in [-0.4, -0.2) is 19.4 Å². The van der Waals surface area contributed by atoms with Crippen LogP contribution in [0.4, 0.5) is 5.13 Å². The Morgan fingerprint density at radius 2 is 2.31 bits per heavy atom. The summed E-state index contributed by atoms with van der Waals surface area (Å²) in [4.78, 5) is 3.86. The van der Waals surface area contributed by atoms with Crippen LogP contribution >= 0.6 is 11.3 Å². The largest absolute Gasteiger partial charge is 0.375 e. The van der Waals surface area contributed by atoms with Crippen LogP contribution in [0.3, 0.4) is 0 Å². The molecule has 0 aromatic carbocycles. The van der Waals surface area contributed by atoms with E-state index in [1.165, 1.54) is 0 Å². The molecule has 1 aromatic rings. The lowest BCUT2D eigenvalue weighted by Crippen LogP contribution is -2.33. The van der Waals surface area contributed by atoms with Crippen molar-refractivity contribution in [3.05, 3.63) is 5.69 Å². The minimum Gasteiger partial charge on any atom is -0.375 e. The van der Waals surface area contributed by atoms with Crippen molar-refractivity contribution in [3.8, 4) is 12.3 Å². The van der Waals surface area contributed by atoms with Crippen LogP contribution in [0.25, 0.3) is 0 Å². The molecule has 0 spiro atoms. The second-order valence-electron chi connectivity index (χ2n) is 3.17. The molecule has 0 saturated heterocycles. The monoisotopic (exact) mass is 259 g/mol. The summed E-state index contributed by atoms with van der Waals surface area (Å²) < 4.78 is 26.3. The van der Waals surface area contributed by atoms with E-state index in [2.05, 4.69) is 15.6 Å². The summed E-state index contributed by atoms with van der Waals surface area (Å²) in [5, 5.41) is 0.228. The van der Waals surface area contributed by atoms with Crippen molar-refractivity contribution in [1.29, 1.82) is 0 Å². The molecule has 7 heteroatoms. The summed E-state index contributed by atoms with van der Waals surface area (Å²) in [5.74, 6) is 2.37. The van der Waals surface area contributed by atoms with Gasteiger partial charge in [0, 0.05) is 0 Å². The van der Waals surface area contributed by atoms with Gasteiger partial charge in [0.25, 0.3) is 10.0 Å². The third-order valence-electron chi connectivity index (χ3n) is 1.92. The number of hydrogen-bond acceptors (Lipinski definition) is 5. The van der Waals surface area contributed by atoms with Gasteiger partial charge in [-0.1, -0.05) is 24.2 Å². The first-order valence-electron chi connectivity index (χ1n) is 4.62. The molecule has 1 aromatic heterocycles. The summed E-state index contributed by atoms with van der Waals surface area (Å²) in [5.41, 5.74) is 5.84. The Labute approximate surface area is 99.1 Å². The Bertz CT molecular complexity index is 513. The van der Waals surface area contributed by atoms with Crippen LogP contribution in [0.15, 0.2) is 4.21 Å². The predicted octanol–water partition coefficient (Wildman–Crippen LogP) is 0.724. The van der Waals surface area contributed by atoms with Crippen LogP contribution in [0.1, 0.15) is 19.0 Å². The molecule has 16 heavy (non-hydrogen) atoms. The molecule has 0 amide bonds. The molecule has 1 atom stereocenters. The van der Waals surface area contributed by atoms with Gasteiger partial charge in [0.2, 0.25) is 0 Å². The van der Waals surface area contributed by atoms with Crippen LogP contribution in [0.5, 0.6) is 0 Å². The smallest absolute Gasteiger partial charge is 0.253 e. The third kappa shape index (κ3) is 2.72. The van der Waals surface area contributed by atoms with Gasteiger partial charge in [-0.15, -0.1) is 6.42 Å². The molecule has 5 nitrogen and oxygen atoms in total. The van der Waals surface area contributed by atoms with Gasteiger partial charge in [-0.2, -0.15) is 4.72 Å². The summed E-state index contributed by atoms with van der Waals surface area (Å²) in [6.07, 6.45) is 5.73. The number of anilines is 1. The van der Waals surface area contributed by atoms with E-state index in [0.29, 0.717) is 12.1 Å². The molecule has 0 aliphatic carbocycles. The minimum atomic E-state index is -3.61. The number of aromatic nitrogens is 1. The summed E-state index contributed by atoms with van der Waals surface area (Å²) in [7, 11) is -3.61. The van der Waals surface area contributed by atoms with Crippen LogP contribution < -0.4 is 10.5 Å². The standard InChI is InChI=1S/C9H13N3O2S2/c1-4-7(5-2)12-16(13,14)8-6(3)11-9(10)15-8/h1,7,12H,5H2,2-3H3,(H2,10,11). The van der Waals surface area contributed by atoms with E-state index < -0.39 is 16.1 Å². The quantitative estimate of drug-likeness (QED) is 0.780. The molecule has 0 aliphatic rings. The zero-order chi connectivity index (χ0) is 12.3. The van der Waals surface area contributed by atoms with E-state index in [-0.39, 0.29) is 9.34 Å². The zero-order valence-electron chi connectivity index (χ0n) is 9.02. The van der Waals surface area contributed by atoms with Gasteiger partial charge in [-0.25, -0.2) is 13.4 Å². The number of nitrogens with two attached hydrogens (primary N) is 1. The molecular weight excluding hydrogens is 246 g/mol. The van der Waals surface area contributed by atoms with Gasteiger partial charge in [-0.3, -0.25) is 0 Å². The molecule has 1 rings (SSSR count). The van der Waals surface area contributed by atoms with Gasteiger partial charge < -0.3 is 5.73 Å². The number of terminal acetylenes is 1. The maximum Gasteiger partial charge on any atom is 0.253 e. The maximum atomic E-state index is 11.9. The highest BCUT2D eigenvalue weighted by molar-refractivity contribution is 7.91. The molecule has 3 N–H and O–H groups in total. The molecule has 0 fully saturated rings. The summed E-state index contributed by atoms with van der Waals surface area (Å²) in [6, 6.07) is -0.507. The highest BCUT2D eigenvalue weighted by Crippen LogP contribution is 2.24. The SMILES string of the molecule is C#CC(CC)NS(=O)(=O)c1sc(N)nc1C. The Balaban J connectivity index is 3.04. The number of aryl methyl sites for hydroxylation is 1. The van der Waals surface area contributed by atoms with Gasteiger partial charge in [0.15, 0.2) is 9.34 Å². The van der Waals surface area contributed by atoms with Crippen molar-refractivity contribution in [2.24, 2.45) is 0 Å². The van der Waals surface area contributed by atoms with E-state index in [4.69, 9.17) is 12.2 Å². The molecule has 1 heterocycles. The molecule has 1 unspecified atom stereocenters. The van der Waals surface area contributed by atoms with Crippen molar-refractivity contribution >= 4 is 26.5 Å². The third-order valence-corrected chi connectivity index (χ3v) is 4.99. The van der Waals surface area contributed by atoms with Crippen LogP contribution in [-0.2, 0) is 10.0 Å². The number of hydrogen-bond donors (Lipinski definition) is 2. The lowest BCUT2D eigenvalue weighted by atomic mass is 10.3. The predicted molar refractivity (Wildman–Crippen MR) is 64.5 cm³/mol. The average molecular weight is 259 g/mol. The summed E-state index contributed by atoms with van der Waals surface area (Å²) in [6.45, 7) is 3.40. The summed E-state index contributed by atoms with van der Waals surface area (Å²) >= 11 is 0.932. The van der Waals surface area contributed by atoms with Gasteiger partial charge in [0.05, 0.1) is 11.7 Å². The number of sulfonamides is 1. The van der Waals surface area contributed by atoms with Crippen molar-refractivity contribution < 1.29 is 8.42 Å². The molecule has 88 valence electrons.